The van der Waals surface area contributed by atoms with E-state index in [-0.39, 0.29) is 6.23 Å². The molecular formula is C22H48NO+. The van der Waals surface area contributed by atoms with E-state index in [9.17, 15) is 5.11 Å². The Morgan fingerprint density at radius 2 is 0.875 bits per heavy atom. The van der Waals surface area contributed by atoms with Crippen molar-refractivity contribution in [1.82, 2.24) is 0 Å². The molecule has 0 heterocycles. The molecule has 0 saturated heterocycles. The molecule has 0 aromatic rings. The molecule has 1 atom stereocenters. The van der Waals surface area contributed by atoms with Gasteiger partial charge in [-0.2, -0.15) is 0 Å². The average Bonchev–Trinajstić information content (AvgIpc) is 2.54. The minimum atomic E-state index is -0.249. The second-order valence-corrected chi connectivity index (χ2v) is 8.44. The molecule has 1 N–H and O–H groups in total. The summed E-state index contributed by atoms with van der Waals surface area (Å²) in [7, 11) is 4.24. The molecule has 0 aliphatic heterocycles. The minimum absolute atomic E-state index is 0.249. The van der Waals surface area contributed by atoms with Crippen LogP contribution in [0.15, 0.2) is 0 Å². The van der Waals surface area contributed by atoms with Crippen molar-refractivity contribution in [2.75, 3.05) is 20.6 Å². The minimum Gasteiger partial charge on any atom is -0.345 e. The maximum absolute atomic E-state index is 9.68. The molecule has 1 unspecified atom stereocenters. The third-order valence-electron chi connectivity index (χ3n) is 5.60. The Balaban J connectivity index is 3.13. The van der Waals surface area contributed by atoms with E-state index in [1.807, 2.05) is 6.92 Å². The Kier molecular flexibility index (Phi) is 16.3. The molecule has 0 radical (unpaired) electrons. The van der Waals surface area contributed by atoms with Crippen LogP contribution in [0, 0.1) is 0 Å². The number of rotatable bonds is 18. The van der Waals surface area contributed by atoms with Gasteiger partial charge in [0.2, 0.25) is 0 Å². The molecule has 0 rings (SSSR count). The van der Waals surface area contributed by atoms with Crippen LogP contribution in [0.5, 0.6) is 0 Å². The standard InChI is InChI=1S/C22H48NO/c1-5-6-7-8-9-10-11-12-13-14-15-16-17-18-19-20-21-23(3,4)22(2)24/h22,24H,5-21H2,1-4H3/q+1. The lowest BCUT2D eigenvalue weighted by molar-refractivity contribution is -0.934. The topological polar surface area (TPSA) is 20.2 Å². The summed E-state index contributed by atoms with van der Waals surface area (Å²) >= 11 is 0. The lowest BCUT2D eigenvalue weighted by atomic mass is 10.0. The normalized spacial score (nSPS) is 13.4. The molecule has 0 spiro atoms. The summed E-state index contributed by atoms with van der Waals surface area (Å²) in [6, 6.07) is 0. The number of quaternary nitrogens is 1. The van der Waals surface area contributed by atoms with Gasteiger partial charge in [0, 0.05) is 6.92 Å². The quantitative estimate of drug-likeness (QED) is 0.168. The molecule has 0 aliphatic carbocycles. The van der Waals surface area contributed by atoms with E-state index in [4.69, 9.17) is 0 Å². The van der Waals surface area contributed by atoms with E-state index in [1.54, 1.807) is 0 Å². The molecule has 146 valence electrons. The van der Waals surface area contributed by atoms with Crippen LogP contribution in [0.3, 0.4) is 0 Å². The van der Waals surface area contributed by atoms with Crippen molar-refractivity contribution in [2.24, 2.45) is 0 Å². The van der Waals surface area contributed by atoms with Gasteiger partial charge < -0.3 is 9.59 Å². The van der Waals surface area contributed by atoms with Crippen LogP contribution < -0.4 is 0 Å². The van der Waals surface area contributed by atoms with Crippen LogP contribution in [0.25, 0.3) is 0 Å². The SMILES string of the molecule is CCCCCCCCCCCCCCCCCC[N+](C)(C)C(C)O. The summed E-state index contributed by atoms with van der Waals surface area (Å²) in [5.74, 6) is 0. The molecule has 0 amide bonds. The van der Waals surface area contributed by atoms with E-state index in [2.05, 4.69) is 21.0 Å². The Bertz CT molecular complexity index is 250. The van der Waals surface area contributed by atoms with Crippen LogP contribution >= 0.6 is 0 Å². The van der Waals surface area contributed by atoms with Gasteiger partial charge in [-0.3, -0.25) is 0 Å². The first-order chi connectivity index (χ1) is 11.5. The Hall–Kier alpha value is -0.0800. The number of hydrogen-bond acceptors (Lipinski definition) is 1. The van der Waals surface area contributed by atoms with E-state index in [0.29, 0.717) is 0 Å². The van der Waals surface area contributed by atoms with Gasteiger partial charge >= 0.3 is 0 Å². The molecule has 0 saturated carbocycles. The summed E-state index contributed by atoms with van der Waals surface area (Å²) in [6.07, 6.45) is 22.4. The fourth-order valence-electron chi connectivity index (χ4n) is 3.25. The largest absolute Gasteiger partial charge is 0.345 e. The smallest absolute Gasteiger partial charge is 0.187 e. The average molecular weight is 343 g/mol. The Labute approximate surface area is 153 Å². The zero-order chi connectivity index (χ0) is 18.1. The predicted molar refractivity (Wildman–Crippen MR) is 108 cm³/mol. The molecule has 2 nitrogen and oxygen atoms in total. The van der Waals surface area contributed by atoms with Gasteiger partial charge in [-0.25, -0.2) is 0 Å². The third kappa shape index (κ3) is 15.4. The summed E-state index contributed by atoms with van der Waals surface area (Å²) < 4.78 is 0.735. The van der Waals surface area contributed by atoms with Crippen molar-refractivity contribution in [1.29, 1.82) is 0 Å². The monoisotopic (exact) mass is 342 g/mol. The molecule has 0 aromatic carbocycles. The Morgan fingerprint density at radius 3 is 1.17 bits per heavy atom. The molecular weight excluding hydrogens is 294 g/mol. The summed E-state index contributed by atoms with van der Waals surface area (Å²) in [5, 5.41) is 9.68. The Morgan fingerprint density at radius 1 is 0.583 bits per heavy atom. The maximum atomic E-state index is 9.68. The van der Waals surface area contributed by atoms with E-state index >= 15 is 0 Å². The van der Waals surface area contributed by atoms with Crippen LogP contribution in [0.2, 0.25) is 0 Å². The molecule has 24 heavy (non-hydrogen) atoms. The second-order valence-electron chi connectivity index (χ2n) is 8.44. The van der Waals surface area contributed by atoms with Gasteiger partial charge in [0.25, 0.3) is 0 Å². The maximum Gasteiger partial charge on any atom is 0.187 e. The molecule has 0 aromatic heterocycles. The molecule has 0 fully saturated rings. The number of hydrogen-bond donors (Lipinski definition) is 1. The summed E-state index contributed by atoms with van der Waals surface area (Å²) in [5.41, 5.74) is 0. The third-order valence-corrected chi connectivity index (χ3v) is 5.60. The highest BCUT2D eigenvalue weighted by Crippen LogP contribution is 2.14. The van der Waals surface area contributed by atoms with Gasteiger partial charge in [-0.05, 0) is 12.8 Å². The number of unbranched alkanes of at least 4 members (excludes halogenated alkanes) is 15. The van der Waals surface area contributed by atoms with Crippen molar-refractivity contribution in [3.8, 4) is 0 Å². The predicted octanol–water partition coefficient (Wildman–Crippen LogP) is 6.66. The number of aliphatic hydroxyl groups is 1. The molecule has 2 heteroatoms. The van der Waals surface area contributed by atoms with Crippen LogP contribution in [0.4, 0.5) is 0 Å². The lowest BCUT2D eigenvalue weighted by Gasteiger charge is -2.32. The van der Waals surface area contributed by atoms with Gasteiger partial charge in [-0.15, -0.1) is 0 Å². The second kappa shape index (κ2) is 16.4. The van der Waals surface area contributed by atoms with Crippen molar-refractivity contribution >= 4 is 0 Å². The summed E-state index contributed by atoms with van der Waals surface area (Å²) in [4.78, 5) is 0. The first-order valence-corrected chi connectivity index (χ1v) is 11.0. The molecule has 0 aliphatic rings. The number of nitrogens with zero attached hydrogens (tertiary/aromatic N) is 1. The van der Waals surface area contributed by atoms with Crippen LogP contribution in [-0.2, 0) is 0 Å². The fourth-order valence-corrected chi connectivity index (χ4v) is 3.25. The van der Waals surface area contributed by atoms with E-state index in [0.717, 1.165) is 11.0 Å². The highest BCUT2D eigenvalue weighted by molar-refractivity contribution is 4.50. The zero-order valence-electron chi connectivity index (χ0n) is 17.5. The molecule has 0 bridgehead atoms. The van der Waals surface area contributed by atoms with E-state index in [1.165, 1.54) is 103 Å². The first-order valence-electron chi connectivity index (χ1n) is 11.0. The van der Waals surface area contributed by atoms with Crippen molar-refractivity contribution in [3.63, 3.8) is 0 Å². The first kappa shape index (κ1) is 23.9. The number of aliphatic hydroxyl groups excluding tert-OH is 1. The highest BCUT2D eigenvalue weighted by Gasteiger charge is 2.20. The van der Waals surface area contributed by atoms with Crippen molar-refractivity contribution < 1.29 is 9.59 Å². The van der Waals surface area contributed by atoms with Crippen molar-refractivity contribution in [3.05, 3.63) is 0 Å². The van der Waals surface area contributed by atoms with Gasteiger partial charge in [0.05, 0.1) is 20.6 Å². The van der Waals surface area contributed by atoms with Crippen molar-refractivity contribution in [2.45, 2.75) is 123 Å². The van der Waals surface area contributed by atoms with Gasteiger partial charge in [0.15, 0.2) is 6.23 Å². The summed E-state index contributed by atoms with van der Waals surface area (Å²) in [6.45, 7) is 5.28. The van der Waals surface area contributed by atoms with Crippen LogP contribution in [-0.4, -0.2) is 36.5 Å². The van der Waals surface area contributed by atoms with Gasteiger partial charge in [-0.1, -0.05) is 96.8 Å². The van der Waals surface area contributed by atoms with Crippen LogP contribution in [0.1, 0.15) is 117 Å². The van der Waals surface area contributed by atoms with E-state index < -0.39 is 0 Å². The van der Waals surface area contributed by atoms with Gasteiger partial charge in [0.1, 0.15) is 0 Å². The highest BCUT2D eigenvalue weighted by atomic mass is 16.3. The zero-order valence-corrected chi connectivity index (χ0v) is 17.5. The lowest BCUT2D eigenvalue weighted by Crippen LogP contribution is -2.47. The fraction of sp³-hybridized carbons (Fsp3) is 1.00.